The number of aryl methyl sites for hydroxylation is 1. The van der Waals surface area contributed by atoms with Crippen molar-refractivity contribution in [1.82, 2.24) is 14.6 Å². The van der Waals surface area contributed by atoms with E-state index in [9.17, 15) is 9.90 Å². The Morgan fingerprint density at radius 2 is 1.80 bits per heavy atom. The van der Waals surface area contributed by atoms with Crippen LogP contribution in [0, 0.1) is 0 Å². The van der Waals surface area contributed by atoms with E-state index in [1.54, 1.807) is 22.7 Å². The number of aromatic nitrogens is 3. The van der Waals surface area contributed by atoms with Gasteiger partial charge in [0.05, 0.1) is 10.0 Å². The summed E-state index contributed by atoms with van der Waals surface area (Å²) >= 11 is 12.1. The highest BCUT2D eigenvalue weighted by Gasteiger charge is 2.24. The van der Waals surface area contributed by atoms with Crippen molar-refractivity contribution in [3.8, 4) is 22.6 Å². The van der Waals surface area contributed by atoms with Crippen LogP contribution in [0.25, 0.3) is 16.6 Å². The van der Waals surface area contributed by atoms with Crippen LogP contribution in [0.1, 0.15) is 49.4 Å². The molecule has 0 aliphatic heterocycles. The van der Waals surface area contributed by atoms with Crippen LogP contribution < -0.4 is 10.5 Å². The predicted molar refractivity (Wildman–Crippen MR) is 137 cm³/mol. The third-order valence-corrected chi connectivity index (χ3v) is 7.09. The molecule has 2 heterocycles. The minimum Gasteiger partial charge on any atom is -0.481 e. The summed E-state index contributed by atoms with van der Waals surface area (Å²) in [6, 6.07) is 12.6. The fraction of sp³-hybridized carbons (Fsp3) is 0.269. The van der Waals surface area contributed by atoms with Crippen molar-refractivity contribution < 1.29 is 14.6 Å². The highest BCUT2D eigenvalue weighted by atomic mass is 35.5. The summed E-state index contributed by atoms with van der Waals surface area (Å²) in [6.45, 7) is 0. The molecule has 0 atom stereocenters. The number of nitrogen functional groups attached to an aromatic ring is 1. The summed E-state index contributed by atoms with van der Waals surface area (Å²) < 4.78 is 7.67. The first-order valence-corrected chi connectivity index (χ1v) is 12.3. The number of aliphatic carboxylic acids is 1. The standard InChI is InChI=1S/C26H24Cl2N4O3/c27-20-11-10-19(13-21(20)28)35-18-8-5-15(6-9-18)23-17(7-12-22(33)34)14-32-24(23)25(29)30-26(31-32)16-3-1-2-4-16/h5-6,8-11,13-14,16H,1-4,7,12H2,(H,33,34)(H2,29,30,31). The molecule has 7 nitrogen and oxygen atoms in total. The fourth-order valence-corrected chi connectivity index (χ4v) is 4.94. The van der Waals surface area contributed by atoms with Crippen molar-refractivity contribution in [2.45, 2.75) is 44.4 Å². The number of rotatable bonds is 7. The van der Waals surface area contributed by atoms with E-state index in [2.05, 4.69) is 4.98 Å². The normalized spacial score (nSPS) is 14.0. The van der Waals surface area contributed by atoms with Gasteiger partial charge in [0.1, 0.15) is 17.0 Å². The molecule has 180 valence electrons. The Balaban J connectivity index is 1.52. The van der Waals surface area contributed by atoms with Gasteiger partial charge in [-0.1, -0.05) is 48.2 Å². The molecule has 0 unspecified atom stereocenters. The van der Waals surface area contributed by atoms with Gasteiger partial charge in [0, 0.05) is 30.2 Å². The first-order chi connectivity index (χ1) is 16.9. The van der Waals surface area contributed by atoms with Gasteiger partial charge in [0.15, 0.2) is 11.6 Å². The van der Waals surface area contributed by atoms with Gasteiger partial charge in [-0.05, 0) is 54.7 Å². The topological polar surface area (TPSA) is 103 Å². The number of ether oxygens (including phenoxy) is 1. The van der Waals surface area contributed by atoms with E-state index < -0.39 is 5.97 Å². The summed E-state index contributed by atoms with van der Waals surface area (Å²) in [5.41, 5.74) is 9.71. The van der Waals surface area contributed by atoms with E-state index in [4.69, 9.17) is 38.8 Å². The molecule has 4 aromatic rings. The smallest absolute Gasteiger partial charge is 0.303 e. The largest absolute Gasteiger partial charge is 0.481 e. The van der Waals surface area contributed by atoms with E-state index in [1.165, 1.54) is 12.8 Å². The summed E-state index contributed by atoms with van der Waals surface area (Å²) in [5.74, 6) is 1.80. The fourth-order valence-electron chi connectivity index (χ4n) is 4.65. The Labute approximate surface area is 212 Å². The molecule has 0 bridgehead atoms. The lowest BCUT2D eigenvalue weighted by Crippen LogP contribution is -2.08. The van der Waals surface area contributed by atoms with E-state index in [0.29, 0.717) is 45.2 Å². The zero-order chi connectivity index (χ0) is 24.5. The first-order valence-electron chi connectivity index (χ1n) is 11.5. The van der Waals surface area contributed by atoms with Gasteiger partial charge in [0.2, 0.25) is 0 Å². The second-order valence-corrected chi connectivity index (χ2v) is 9.57. The van der Waals surface area contributed by atoms with Crippen molar-refractivity contribution in [2.75, 3.05) is 5.73 Å². The Bertz CT molecular complexity index is 1400. The van der Waals surface area contributed by atoms with Gasteiger partial charge in [-0.3, -0.25) is 4.79 Å². The second-order valence-electron chi connectivity index (χ2n) is 8.76. The van der Waals surface area contributed by atoms with Crippen LogP contribution >= 0.6 is 23.2 Å². The van der Waals surface area contributed by atoms with E-state index >= 15 is 0 Å². The van der Waals surface area contributed by atoms with Crippen molar-refractivity contribution in [1.29, 1.82) is 0 Å². The van der Waals surface area contributed by atoms with Crippen LogP contribution in [-0.4, -0.2) is 25.7 Å². The first kappa shape index (κ1) is 23.5. The number of carbonyl (C=O) groups is 1. The number of carboxylic acids is 1. The van der Waals surface area contributed by atoms with Gasteiger partial charge >= 0.3 is 5.97 Å². The lowest BCUT2D eigenvalue weighted by Gasteiger charge is -2.11. The molecule has 2 aromatic heterocycles. The molecular weight excluding hydrogens is 487 g/mol. The van der Waals surface area contributed by atoms with Gasteiger partial charge < -0.3 is 15.6 Å². The number of hydrogen-bond donors (Lipinski definition) is 2. The highest BCUT2D eigenvalue weighted by Crippen LogP contribution is 2.38. The van der Waals surface area contributed by atoms with Gasteiger partial charge in [-0.2, -0.15) is 5.10 Å². The third kappa shape index (κ3) is 4.92. The van der Waals surface area contributed by atoms with E-state index in [-0.39, 0.29) is 6.42 Å². The number of carboxylic acid groups (broad SMARTS) is 1. The van der Waals surface area contributed by atoms with Crippen LogP contribution in [0.3, 0.4) is 0 Å². The average molecular weight is 511 g/mol. The molecule has 0 amide bonds. The number of benzene rings is 2. The SMILES string of the molecule is Nc1nc(C2CCCC2)nn2cc(CCC(=O)O)c(-c3ccc(Oc4ccc(Cl)c(Cl)c4)cc3)c12. The Morgan fingerprint density at radius 1 is 1.09 bits per heavy atom. The number of anilines is 1. The Hall–Kier alpha value is -3.29. The molecule has 1 fully saturated rings. The number of hydrogen-bond acceptors (Lipinski definition) is 5. The molecule has 35 heavy (non-hydrogen) atoms. The predicted octanol–water partition coefficient (Wildman–Crippen LogP) is 6.75. The monoisotopic (exact) mass is 510 g/mol. The molecule has 9 heteroatoms. The van der Waals surface area contributed by atoms with E-state index in [0.717, 1.165) is 35.4 Å². The van der Waals surface area contributed by atoms with Crippen LogP contribution in [-0.2, 0) is 11.2 Å². The summed E-state index contributed by atoms with van der Waals surface area (Å²) in [4.78, 5) is 15.9. The maximum Gasteiger partial charge on any atom is 0.303 e. The average Bonchev–Trinajstić information content (AvgIpc) is 3.49. The number of halogens is 2. The maximum atomic E-state index is 11.3. The van der Waals surface area contributed by atoms with Gasteiger partial charge in [-0.25, -0.2) is 9.50 Å². The minimum absolute atomic E-state index is 0.00518. The van der Waals surface area contributed by atoms with Crippen LogP contribution in [0.4, 0.5) is 5.82 Å². The summed E-state index contributed by atoms with van der Waals surface area (Å²) in [5, 5.41) is 14.9. The quantitative estimate of drug-likeness (QED) is 0.285. The molecule has 0 radical (unpaired) electrons. The number of nitrogens with two attached hydrogens (primary N) is 1. The van der Waals surface area contributed by atoms with Crippen molar-refractivity contribution >= 4 is 40.5 Å². The van der Waals surface area contributed by atoms with Crippen LogP contribution in [0.2, 0.25) is 10.0 Å². The molecule has 5 rings (SSSR count). The van der Waals surface area contributed by atoms with Crippen LogP contribution in [0.15, 0.2) is 48.7 Å². The molecular formula is C26H24Cl2N4O3. The molecule has 1 saturated carbocycles. The maximum absolute atomic E-state index is 11.3. The Morgan fingerprint density at radius 3 is 2.49 bits per heavy atom. The molecule has 0 saturated heterocycles. The highest BCUT2D eigenvalue weighted by molar-refractivity contribution is 6.42. The van der Waals surface area contributed by atoms with Crippen molar-refractivity contribution in [3.05, 3.63) is 70.1 Å². The summed E-state index contributed by atoms with van der Waals surface area (Å²) in [7, 11) is 0. The van der Waals surface area contributed by atoms with Gasteiger partial charge in [-0.15, -0.1) is 0 Å². The summed E-state index contributed by atoms with van der Waals surface area (Å²) in [6.07, 6.45) is 6.70. The molecule has 0 spiro atoms. The van der Waals surface area contributed by atoms with Crippen molar-refractivity contribution in [3.63, 3.8) is 0 Å². The van der Waals surface area contributed by atoms with Crippen molar-refractivity contribution in [2.24, 2.45) is 0 Å². The van der Waals surface area contributed by atoms with Gasteiger partial charge in [0.25, 0.3) is 0 Å². The zero-order valence-corrected chi connectivity index (χ0v) is 20.4. The number of nitrogens with zero attached hydrogens (tertiary/aromatic N) is 3. The molecule has 1 aliphatic rings. The molecule has 3 N–H and O–H groups in total. The lowest BCUT2D eigenvalue weighted by atomic mass is 9.99. The Kier molecular flexibility index (Phi) is 6.54. The lowest BCUT2D eigenvalue weighted by molar-refractivity contribution is -0.136. The van der Waals surface area contributed by atoms with E-state index in [1.807, 2.05) is 30.5 Å². The zero-order valence-electron chi connectivity index (χ0n) is 18.9. The molecule has 2 aromatic carbocycles. The number of fused-ring (bicyclic) bond motifs is 1. The van der Waals surface area contributed by atoms with Crippen LogP contribution in [0.5, 0.6) is 11.5 Å². The minimum atomic E-state index is -0.859. The third-order valence-electron chi connectivity index (χ3n) is 6.35. The molecule has 1 aliphatic carbocycles. The second kappa shape index (κ2) is 9.76.